The minimum Gasteiger partial charge on any atom is -0.261 e. The van der Waals surface area contributed by atoms with Gasteiger partial charge >= 0.3 is 0 Å². The fourth-order valence-corrected chi connectivity index (χ4v) is 2.56. The SMILES string of the molecule is CC(=Nc1ccc(-c2nccs2)cc1)c1cncc(F)c1. The molecule has 0 saturated carbocycles. The van der Waals surface area contributed by atoms with Crippen LogP contribution in [0.25, 0.3) is 10.6 Å². The molecule has 3 aromatic rings. The first-order chi connectivity index (χ1) is 10.2. The van der Waals surface area contributed by atoms with Gasteiger partial charge in [0, 0.05) is 34.6 Å². The van der Waals surface area contributed by atoms with Gasteiger partial charge < -0.3 is 0 Å². The molecule has 104 valence electrons. The second-order valence-corrected chi connectivity index (χ2v) is 5.37. The van der Waals surface area contributed by atoms with Crippen molar-refractivity contribution in [2.24, 2.45) is 4.99 Å². The molecule has 3 rings (SSSR count). The highest BCUT2D eigenvalue weighted by Crippen LogP contribution is 2.24. The maximum atomic E-state index is 13.2. The van der Waals surface area contributed by atoms with Gasteiger partial charge in [0.2, 0.25) is 0 Å². The highest BCUT2D eigenvalue weighted by molar-refractivity contribution is 7.13. The first-order valence-electron chi connectivity index (χ1n) is 6.38. The van der Waals surface area contributed by atoms with Gasteiger partial charge in [0.05, 0.1) is 11.9 Å². The molecule has 3 nitrogen and oxygen atoms in total. The second-order valence-electron chi connectivity index (χ2n) is 4.47. The molecule has 0 bridgehead atoms. The van der Waals surface area contributed by atoms with E-state index >= 15 is 0 Å². The minimum atomic E-state index is -0.360. The Balaban J connectivity index is 1.86. The lowest BCUT2D eigenvalue weighted by molar-refractivity contribution is 0.621. The molecule has 0 saturated heterocycles. The Bertz CT molecular complexity index is 764. The molecule has 5 heteroatoms. The lowest BCUT2D eigenvalue weighted by atomic mass is 10.2. The Labute approximate surface area is 125 Å². The number of aromatic nitrogens is 2. The number of hydrogen-bond donors (Lipinski definition) is 0. The van der Waals surface area contributed by atoms with E-state index in [-0.39, 0.29) is 5.82 Å². The lowest BCUT2D eigenvalue weighted by Gasteiger charge is -2.02. The molecular formula is C16H12FN3S. The zero-order valence-corrected chi connectivity index (χ0v) is 12.1. The molecule has 2 heterocycles. The van der Waals surface area contributed by atoms with Crippen LogP contribution in [-0.4, -0.2) is 15.7 Å². The second kappa shape index (κ2) is 5.93. The van der Waals surface area contributed by atoms with Crippen LogP contribution in [-0.2, 0) is 0 Å². The van der Waals surface area contributed by atoms with Crippen molar-refractivity contribution in [1.82, 2.24) is 9.97 Å². The summed E-state index contributed by atoms with van der Waals surface area (Å²) >= 11 is 1.60. The van der Waals surface area contributed by atoms with E-state index in [2.05, 4.69) is 15.0 Å². The molecule has 0 spiro atoms. The van der Waals surface area contributed by atoms with E-state index in [1.54, 1.807) is 23.7 Å². The summed E-state index contributed by atoms with van der Waals surface area (Å²) in [5.41, 5.74) is 3.29. The van der Waals surface area contributed by atoms with Crippen LogP contribution in [0, 0.1) is 5.82 Å². The summed E-state index contributed by atoms with van der Waals surface area (Å²) in [5, 5.41) is 2.93. The molecule has 0 aliphatic heterocycles. The number of thiazole rings is 1. The third-order valence-corrected chi connectivity index (χ3v) is 3.79. The Morgan fingerprint density at radius 3 is 2.67 bits per heavy atom. The van der Waals surface area contributed by atoms with E-state index in [4.69, 9.17) is 0 Å². The number of nitrogens with zero attached hydrogens (tertiary/aromatic N) is 3. The fraction of sp³-hybridized carbons (Fsp3) is 0.0625. The summed E-state index contributed by atoms with van der Waals surface area (Å²) in [6.45, 7) is 1.84. The van der Waals surface area contributed by atoms with Crippen LogP contribution >= 0.6 is 11.3 Å². The molecule has 0 fully saturated rings. The topological polar surface area (TPSA) is 38.1 Å². The van der Waals surface area contributed by atoms with E-state index in [0.29, 0.717) is 5.56 Å². The molecule has 0 N–H and O–H groups in total. The van der Waals surface area contributed by atoms with Gasteiger partial charge in [0.1, 0.15) is 10.8 Å². The average molecular weight is 297 g/mol. The van der Waals surface area contributed by atoms with E-state index in [0.717, 1.165) is 22.0 Å². The molecule has 21 heavy (non-hydrogen) atoms. The zero-order chi connectivity index (χ0) is 14.7. The summed E-state index contributed by atoms with van der Waals surface area (Å²) in [4.78, 5) is 12.6. The molecule has 0 aliphatic carbocycles. The van der Waals surface area contributed by atoms with Gasteiger partial charge in [-0.25, -0.2) is 9.37 Å². The summed E-state index contributed by atoms with van der Waals surface area (Å²) in [5.74, 6) is -0.360. The minimum absolute atomic E-state index is 0.360. The highest BCUT2D eigenvalue weighted by Gasteiger charge is 2.02. The van der Waals surface area contributed by atoms with Crippen LogP contribution in [0.15, 0.2) is 59.3 Å². The third-order valence-electron chi connectivity index (χ3n) is 2.97. The van der Waals surface area contributed by atoms with E-state index in [1.165, 1.54) is 12.3 Å². The van der Waals surface area contributed by atoms with Gasteiger partial charge in [0.15, 0.2) is 0 Å². The average Bonchev–Trinajstić information content (AvgIpc) is 3.02. The van der Waals surface area contributed by atoms with Gasteiger partial charge in [-0.15, -0.1) is 11.3 Å². The molecule has 1 aromatic carbocycles. The van der Waals surface area contributed by atoms with Crippen LogP contribution in [0.1, 0.15) is 12.5 Å². The molecule has 0 amide bonds. The molecular weight excluding hydrogens is 285 g/mol. The van der Waals surface area contributed by atoms with Crippen LogP contribution in [0.4, 0.5) is 10.1 Å². The number of halogens is 1. The van der Waals surface area contributed by atoms with E-state index < -0.39 is 0 Å². The van der Waals surface area contributed by atoms with Crippen molar-refractivity contribution in [2.45, 2.75) is 6.92 Å². The number of benzene rings is 1. The summed E-state index contributed by atoms with van der Waals surface area (Å²) in [6.07, 6.45) is 4.57. The predicted octanol–water partition coefficient (Wildman–Crippen LogP) is 4.48. The Kier molecular flexibility index (Phi) is 3.83. The van der Waals surface area contributed by atoms with Gasteiger partial charge in [-0.2, -0.15) is 0 Å². The van der Waals surface area contributed by atoms with Gasteiger partial charge in [0.25, 0.3) is 0 Å². The predicted molar refractivity (Wildman–Crippen MR) is 83.6 cm³/mol. The Morgan fingerprint density at radius 2 is 2.00 bits per heavy atom. The normalized spacial score (nSPS) is 11.6. The largest absolute Gasteiger partial charge is 0.261 e. The van der Waals surface area contributed by atoms with Gasteiger partial charge in [-0.1, -0.05) is 0 Å². The first-order valence-corrected chi connectivity index (χ1v) is 7.26. The lowest BCUT2D eigenvalue weighted by Crippen LogP contribution is -1.96. The van der Waals surface area contributed by atoms with Crippen molar-refractivity contribution in [3.05, 3.63) is 65.7 Å². The van der Waals surface area contributed by atoms with Crippen molar-refractivity contribution in [3.8, 4) is 10.6 Å². The van der Waals surface area contributed by atoms with Crippen LogP contribution in [0.2, 0.25) is 0 Å². The van der Waals surface area contributed by atoms with Crippen LogP contribution in [0.5, 0.6) is 0 Å². The molecule has 2 aromatic heterocycles. The maximum absolute atomic E-state index is 13.2. The van der Waals surface area contributed by atoms with Crippen molar-refractivity contribution in [2.75, 3.05) is 0 Å². The quantitative estimate of drug-likeness (QED) is 0.668. The molecule has 0 radical (unpaired) electrons. The van der Waals surface area contributed by atoms with Crippen molar-refractivity contribution in [1.29, 1.82) is 0 Å². The first kappa shape index (κ1) is 13.6. The third kappa shape index (κ3) is 3.20. The monoisotopic (exact) mass is 297 g/mol. The van der Waals surface area contributed by atoms with Crippen LogP contribution in [0.3, 0.4) is 0 Å². The fourth-order valence-electron chi connectivity index (χ4n) is 1.91. The van der Waals surface area contributed by atoms with E-state index in [1.807, 2.05) is 36.6 Å². The number of hydrogen-bond acceptors (Lipinski definition) is 4. The summed E-state index contributed by atoms with van der Waals surface area (Å²) < 4.78 is 13.2. The van der Waals surface area contributed by atoms with Crippen molar-refractivity contribution in [3.63, 3.8) is 0 Å². The standard InChI is InChI=1S/C16H12FN3S/c1-11(13-8-14(17)10-18-9-13)20-15-4-2-12(3-5-15)16-19-6-7-21-16/h2-10H,1H3. The Hall–Kier alpha value is -2.40. The molecule has 0 atom stereocenters. The smallest absolute Gasteiger partial charge is 0.142 e. The van der Waals surface area contributed by atoms with E-state index in [9.17, 15) is 4.39 Å². The number of rotatable bonds is 3. The van der Waals surface area contributed by atoms with Crippen LogP contribution < -0.4 is 0 Å². The van der Waals surface area contributed by atoms with Gasteiger partial charge in [-0.05, 0) is 37.3 Å². The summed E-state index contributed by atoms with van der Waals surface area (Å²) in [7, 11) is 0. The maximum Gasteiger partial charge on any atom is 0.142 e. The van der Waals surface area contributed by atoms with Crippen molar-refractivity contribution < 1.29 is 4.39 Å². The number of pyridine rings is 1. The Morgan fingerprint density at radius 1 is 1.19 bits per heavy atom. The number of aliphatic imine (C=N–C) groups is 1. The summed E-state index contributed by atoms with van der Waals surface area (Å²) in [6, 6.07) is 9.24. The van der Waals surface area contributed by atoms with Crippen molar-refractivity contribution >= 4 is 22.7 Å². The zero-order valence-electron chi connectivity index (χ0n) is 11.3. The van der Waals surface area contributed by atoms with Gasteiger partial charge in [-0.3, -0.25) is 9.98 Å². The molecule has 0 unspecified atom stereocenters. The molecule has 0 aliphatic rings. The highest BCUT2D eigenvalue weighted by atomic mass is 32.1.